The van der Waals surface area contributed by atoms with Gasteiger partial charge in [0, 0.05) is 31.3 Å². The van der Waals surface area contributed by atoms with Gasteiger partial charge in [0.1, 0.15) is 6.07 Å². The van der Waals surface area contributed by atoms with Gasteiger partial charge in [0.2, 0.25) is 5.88 Å². The van der Waals surface area contributed by atoms with Crippen LogP contribution in [-0.2, 0) is 4.74 Å². The number of ether oxygens (including phenoxy) is 2. The molecule has 5 nitrogen and oxygen atoms in total. The van der Waals surface area contributed by atoms with Crippen molar-refractivity contribution in [2.75, 3.05) is 26.3 Å². The summed E-state index contributed by atoms with van der Waals surface area (Å²) in [4.78, 5) is 4.09. The SMILES string of the molecule is N#Cc1ccc(OCC[C@H]2CO[C@H]3CNC[C@@H]23)nc1. The van der Waals surface area contributed by atoms with E-state index in [1.807, 2.05) is 6.07 Å². The second-order valence-corrected chi connectivity index (χ2v) is 5.09. The van der Waals surface area contributed by atoms with Crippen molar-refractivity contribution in [3.63, 3.8) is 0 Å². The number of nitriles is 1. The Morgan fingerprint density at radius 1 is 1.47 bits per heavy atom. The standard InChI is InChI=1S/C14H17N3O2/c15-5-10-1-2-14(17-6-10)18-4-3-11-9-19-13-8-16-7-12(11)13/h1-2,6,11-13,16H,3-4,7-9H2/t11-,12-,13-/m0/s1. The number of fused-ring (bicyclic) bond motifs is 1. The summed E-state index contributed by atoms with van der Waals surface area (Å²) in [6, 6.07) is 5.50. The lowest BCUT2D eigenvalue weighted by atomic mass is 9.91. The van der Waals surface area contributed by atoms with Gasteiger partial charge in [-0.3, -0.25) is 0 Å². The molecule has 0 aliphatic carbocycles. The van der Waals surface area contributed by atoms with Gasteiger partial charge in [0.25, 0.3) is 0 Å². The van der Waals surface area contributed by atoms with E-state index in [0.29, 0.717) is 36.0 Å². The minimum absolute atomic E-state index is 0.401. The molecule has 1 aromatic heterocycles. The van der Waals surface area contributed by atoms with E-state index in [4.69, 9.17) is 14.7 Å². The molecule has 3 heterocycles. The maximum absolute atomic E-state index is 8.68. The fourth-order valence-corrected chi connectivity index (χ4v) is 2.84. The van der Waals surface area contributed by atoms with Crippen molar-refractivity contribution in [1.82, 2.24) is 10.3 Å². The smallest absolute Gasteiger partial charge is 0.213 e. The van der Waals surface area contributed by atoms with E-state index in [1.165, 1.54) is 6.20 Å². The number of pyridine rings is 1. The van der Waals surface area contributed by atoms with E-state index in [2.05, 4.69) is 10.3 Å². The van der Waals surface area contributed by atoms with Gasteiger partial charge in [-0.05, 0) is 18.4 Å². The van der Waals surface area contributed by atoms with Gasteiger partial charge in [0.15, 0.2) is 0 Å². The number of hydrogen-bond acceptors (Lipinski definition) is 5. The molecule has 1 N–H and O–H groups in total. The summed E-state index contributed by atoms with van der Waals surface area (Å²) in [5.74, 6) is 1.80. The van der Waals surface area contributed by atoms with Crippen molar-refractivity contribution >= 4 is 0 Å². The van der Waals surface area contributed by atoms with E-state index in [-0.39, 0.29) is 0 Å². The zero-order chi connectivity index (χ0) is 13.1. The molecule has 0 saturated carbocycles. The van der Waals surface area contributed by atoms with Gasteiger partial charge in [-0.25, -0.2) is 4.98 Å². The van der Waals surface area contributed by atoms with Gasteiger partial charge in [-0.2, -0.15) is 5.26 Å². The summed E-state index contributed by atoms with van der Waals surface area (Å²) < 4.78 is 11.4. The molecule has 3 atom stereocenters. The highest BCUT2D eigenvalue weighted by atomic mass is 16.5. The van der Waals surface area contributed by atoms with Crippen LogP contribution in [0.2, 0.25) is 0 Å². The Morgan fingerprint density at radius 3 is 3.21 bits per heavy atom. The van der Waals surface area contributed by atoms with Crippen LogP contribution in [0.1, 0.15) is 12.0 Å². The van der Waals surface area contributed by atoms with E-state index < -0.39 is 0 Å². The van der Waals surface area contributed by atoms with Crippen molar-refractivity contribution < 1.29 is 9.47 Å². The Kier molecular flexibility index (Phi) is 3.62. The van der Waals surface area contributed by atoms with E-state index >= 15 is 0 Å². The highest BCUT2D eigenvalue weighted by Crippen LogP contribution is 2.31. The van der Waals surface area contributed by atoms with Gasteiger partial charge < -0.3 is 14.8 Å². The Balaban J connectivity index is 1.46. The molecule has 19 heavy (non-hydrogen) atoms. The minimum atomic E-state index is 0.401. The first kappa shape index (κ1) is 12.4. The van der Waals surface area contributed by atoms with E-state index in [1.54, 1.807) is 12.1 Å². The molecular formula is C14H17N3O2. The molecule has 2 aliphatic heterocycles. The maximum atomic E-state index is 8.68. The van der Waals surface area contributed by atoms with Crippen LogP contribution in [0.4, 0.5) is 0 Å². The topological polar surface area (TPSA) is 67.2 Å². The average molecular weight is 259 g/mol. The summed E-state index contributed by atoms with van der Waals surface area (Å²) in [6.07, 6.45) is 2.92. The Morgan fingerprint density at radius 2 is 2.42 bits per heavy atom. The summed E-state index contributed by atoms with van der Waals surface area (Å²) in [5, 5.41) is 12.1. The maximum Gasteiger partial charge on any atom is 0.213 e. The summed E-state index contributed by atoms with van der Waals surface area (Å²) in [5.41, 5.74) is 0.552. The van der Waals surface area contributed by atoms with Crippen molar-refractivity contribution in [2.45, 2.75) is 12.5 Å². The first-order valence-corrected chi connectivity index (χ1v) is 6.68. The second kappa shape index (κ2) is 5.55. The molecule has 3 rings (SSSR count). The molecule has 0 radical (unpaired) electrons. The Bertz CT molecular complexity index is 469. The van der Waals surface area contributed by atoms with Crippen molar-refractivity contribution in [2.24, 2.45) is 11.8 Å². The number of nitrogens with one attached hydrogen (secondary N) is 1. The predicted molar refractivity (Wildman–Crippen MR) is 68.7 cm³/mol. The molecule has 0 unspecified atom stereocenters. The van der Waals surface area contributed by atoms with Crippen LogP contribution in [0.3, 0.4) is 0 Å². The minimum Gasteiger partial charge on any atom is -0.478 e. The second-order valence-electron chi connectivity index (χ2n) is 5.09. The molecule has 2 fully saturated rings. The summed E-state index contributed by atoms with van der Waals surface area (Å²) >= 11 is 0. The zero-order valence-electron chi connectivity index (χ0n) is 10.7. The monoisotopic (exact) mass is 259 g/mol. The van der Waals surface area contributed by atoms with Crippen LogP contribution >= 0.6 is 0 Å². The van der Waals surface area contributed by atoms with Crippen LogP contribution < -0.4 is 10.1 Å². The molecule has 2 aliphatic rings. The molecule has 0 aromatic carbocycles. The molecule has 2 saturated heterocycles. The third-order valence-corrected chi connectivity index (χ3v) is 3.94. The lowest BCUT2D eigenvalue weighted by Crippen LogP contribution is -2.20. The summed E-state index contributed by atoms with van der Waals surface area (Å²) in [7, 11) is 0. The molecule has 0 bridgehead atoms. The van der Waals surface area contributed by atoms with Gasteiger partial charge >= 0.3 is 0 Å². The largest absolute Gasteiger partial charge is 0.478 e. The van der Waals surface area contributed by atoms with Crippen LogP contribution in [-0.4, -0.2) is 37.4 Å². The lowest BCUT2D eigenvalue weighted by molar-refractivity contribution is 0.108. The zero-order valence-corrected chi connectivity index (χ0v) is 10.7. The highest BCUT2D eigenvalue weighted by molar-refractivity contribution is 5.28. The Hall–Kier alpha value is -1.64. The first-order chi connectivity index (χ1) is 9.36. The van der Waals surface area contributed by atoms with Gasteiger partial charge in [0.05, 0.1) is 24.9 Å². The summed E-state index contributed by atoms with van der Waals surface area (Å²) in [6.45, 7) is 3.54. The molecule has 5 heteroatoms. The number of nitrogens with zero attached hydrogens (tertiary/aromatic N) is 2. The normalized spacial score (nSPS) is 28.9. The van der Waals surface area contributed by atoms with Gasteiger partial charge in [-0.15, -0.1) is 0 Å². The molecular weight excluding hydrogens is 242 g/mol. The van der Waals surface area contributed by atoms with E-state index in [9.17, 15) is 0 Å². The molecule has 0 spiro atoms. The molecule has 100 valence electrons. The first-order valence-electron chi connectivity index (χ1n) is 6.68. The quantitative estimate of drug-likeness (QED) is 0.872. The highest BCUT2D eigenvalue weighted by Gasteiger charge is 2.39. The Labute approximate surface area is 112 Å². The lowest BCUT2D eigenvalue weighted by Gasteiger charge is -2.15. The van der Waals surface area contributed by atoms with Crippen LogP contribution in [0, 0.1) is 23.2 Å². The van der Waals surface area contributed by atoms with Crippen molar-refractivity contribution in [3.8, 4) is 11.9 Å². The number of rotatable bonds is 4. The molecule has 1 aromatic rings. The fourth-order valence-electron chi connectivity index (χ4n) is 2.84. The van der Waals surface area contributed by atoms with Crippen molar-refractivity contribution in [3.05, 3.63) is 23.9 Å². The fraction of sp³-hybridized carbons (Fsp3) is 0.571. The van der Waals surface area contributed by atoms with E-state index in [0.717, 1.165) is 26.1 Å². The third-order valence-electron chi connectivity index (χ3n) is 3.94. The molecule has 0 amide bonds. The predicted octanol–water partition coefficient (Wildman–Crippen LogP) is 0.957. The van der Waals surface area contributed by atoms with Crippen LogP contribution in [0.5, 0.6) is 5.88 Å². The number of aromatic nitrogens is 1. The van der Waals surface area contributed by atoms with Gasteiger partial charge in [-0.1, -0.05) is 0 Å². The average Bonchev–Trinajstić information content (AvgIpc) is 3.04. The third kappa shape index (κ3) is 2.70. The number of hydrogen-bond donors (Lipinski definition) is 1. The van der Waals surface area contributed by atoms with Crippen LogP contribution in [0.15, 0.2) is 18.3 Å². The van der Waals surface area contributed by atoms with Crippen LogP contribution in [0.25, 0.3) is 0 Å². The van der Waals surface area contributed by atoms with Crippen molar-refractivity contribution in [1.29, 1.82) is 5.26 Å².